The number of hydrogen-bond acceptors (Lipinski definition) is 2. The van der Waals surface area contributed by atoms with E-state index in [0.717, 1.165) is 11.8 Å². The molecule has 1 heterocycles. The molecule has 2 atom stereocenters. The molecule has 0 amide bonds. The number of halogens is 1. The molecule has 3 rings (SSSR count). The molecule has 2 fully saturated rings. The summed E-state index contributed by atoms with van der Waals surface area (Å²) in [5.74, 6) is 1.61. The van der Waals surface area contributed by atoms with Gasteiger partial charge in [-0.2, -0.15) is 0 Å². The largest absolute Gasteiger partial charge is 0.381 e. The number of hydrogen-bond donors (Lipinski definition) is 1. The van der Waals surface area contributed by atoms with Gasteiger partial charge in [-0.1, -0.05) is 18.6 Å². The summed E-state index contributed by atoms with van der Waals surface area (Å²) < 4.78 is 1.18. The molecule has 1 saturated heterocycles. The second kappa shape index (κ2) is 6.07. The average molecular weight is 337 g/mol. The van der Waals surface area contributed by atoms with Crippen molar-refractivity contribution < 1.29 is 0 Å². The topological polar surface area (TPSA) is 15.3 Å². The van der Waals surface area contributed by atoms with Crippen molar-refractivity contribution in [1.82, 2.24) is 4.90 Å². The van der Waals surface area contributed by atoms with Crippen LogP contribution in [0.4, 0.5) is 5.69 Å². The Labute approximate surface area is 131 Å². The quantitative estimate of drug-likeness (QED) is 0.881. The zero-order chi connectivity index (χ0) is 14.1. The number of nitrogens with one attached hydrogen (secondary N) is 1. The van der Waals surface area contributed by atoms with Crippen LogP contribution in [0.1, 0.15) is 33.1 Å². The second-order valence-electron chi connectivity index (χ2n) is 6.65. The maximum absolute atomic E-state index is 3.84. The van der Waals surface area contributed by atoms with Crippen LogP contribution in [0.5, 0.6) is 0 Å². The molecular weight excluding hydrogens is 312 g/mol. The van der Waals surface area contributed by atoms with Crippen LogP contribution in [0.2, 0.25) is 0 Å². The highest BCUT2D eigenvalue weighted by Gasteiger charge is 2.40. The number of likely N-dealkylation sites (tertiary alicyclic amines) is 1. The summed E-state index contributed by atoms with van der Waals surface area (Å²) in [7, 11) is 0. The van der Waals surface area contributed by atoms with E-state index < -0.39 is 0 Å². The van der Waals surface area contributed by atoms with E-state index in [1.807, 2.05) is 0 Å². The number of anilines is 1. The minimum atomic E-state index is 0.650. The Morgan fingerprint density at radius 3 is 2.40 bits per heavy atom. The molecule has 2 nitrogen and oxygen atoms in total. The van der Waals surface area contributed by atoms with E-state index in [9.17, 15) is 0 Å². The maximum Gasteiger partial charge on any atom is 0.0486 e. The van der Waals surface area contributed by atoms with Gasteiger partial charge < -0.3 is 10.2 Å². The summed E-state index contributed by atoms with van der Waals surface area (Å²) in [6, 6.07) is 9.85. The SMILES string of the molecule is CC(C)N1CC2CCCC(C1)C2Nc1ccccc1Br. The first-order valence-electron chi connectivity index (χ1n) is 7.90. The lowest BCUT2D eigenvalue weighted by atomic mass is 9.73. The number of benzene rings is 1. The fourth-order valence-corrected chi connectivity index (χ4v) is 4.29. The lowest BCUT2D eigenvalue weighted by molar-refractivity contribution is 0.0518. The third-order valence-corrected chi connectivity index (χ3v) is 5.72. The standard InChI is InChI=1S/C17H25BrN2/c1-12(2)20-10-13-6-5-7-14(11-20)17(13)19-16-9-4-3-8-15(16)18/h3-4,8-9,12-14,17,19H,5-7,10-11H2,1-2H3. The van der Waals surface area contributed by atoms with E-state index in [-0.39, 0.29) is 0 Å². The molecule has 0 radical (unpaired) electrons. The highest BCUT2D eigenvalue weighted by molar-refractivity contribution is 9.10. The number of para-hydroxylation sites is 1. The first-order valence-corrected chi connectivity index (χ1v) is 8.69. The smallest absolute Gasteiger partial charge is 0.0486 e. The molecule has 0 spiro atoms. The third-order valence-electron chi connectivity index (χ3n) is 5.03. The molecule has 110 valence electrons. The molecule has 0 aromatic heterocycles. The number of fused-ring (bicyclic) bond motifs is 2. The van der Waals surface area contributed by atoms with Crippen LogP contribution in [0, 0.1) is 11.8 Å². The minimum absolute atomic E-state index is 0.650. The van der Waals surface area contributed by atoms with E-state index in [4.69, 9.17) is 0 Å². The number of nitrogens with zero attached hydrogens (tertiary/aromatic N) is 1. The van der Waals surface area contributed by atoms with Crippen molar-refractivity contribution in [2.24, 2.45) is 11.8 Å². The molecule has 1 N–H and O–H groups in total. The summed E-state index contributed by atoms with van der Waals surface area (Å²) in [6.07, 6.45) is 4.17. The van der Waals surface area contributed by atoms with Gasteiger partial charge in [0.25, 0.3) is 0 Å². The molecule has 1 aromatic carbocycles. The molecule has 2 unspecified atom stereocenters. The zero-order valence-electron chi connectivity index (χ0n) is 12.5. The Bertz CT molecular complexity index is 446. The van der Waals surface area contributed by atoms with E-state index >= 15 is 0 Å². The van der Waals surface area contributed by atoms with E-state index in [1.54, 1.807) is 0 Å². The fraction of sp³-hybridized carbons (Fsp3) is 0.647. The van der Waals surface area contributed by atoms with Crippen LogP contribution in [0.3, 0.4) is 0 Å². The molecule has 2 bridgehead atoms. The maximum atomic E-state index is 3.84. The third kappa shape index (κ3) is 2.89. The van der Waals surface area contributed by atoms with Crippen LogP contribution < -0.4 is 5.32 Å². The van der Waals surface area contributed by atoms with Gasteiger partial charge in [0.2, 0.25) is 0 Å². The zero-order valence-corrected chi connectivity index (χ0v) is 14.1. The van der Waals surface area contributed by atoms with Crippen molar-refractivity contribution in [3.63, 3.8) is 0 Å². The predicted molar refractivity (Wildman–Crippen MR) is 89.1 cm³/mol. The minimum Gasteiger partial charge on any atom is -0.381 e. The Balaban J connectivity index is 1.75. The lowest BCUT2D eigenvalue weighted by Gasteiger charge is -2.49. The van der Waals surface area contributed by atoms with Crippen molar-refractivity contribution in [3.8, 4) is 0 Å². The highest BCUT2D eigenvalue weighted by atomic mass is 79.9. The van der Waals surface area contributed by atoms with Gasteiger partial charge in [-0.15, -0.1) is 0 Å². The molecule has 1 saturated carbocycles. The van der Waals surface area contributed by atoms with Crippen LogP contribution >= 0.6 is 15.9 Å². The molecule has 1 aliphatic carbocycles. The van der Waals surface area contributed by atoms with Crippen LogP contribution in [0.15, 0.2) is 28.7 Å². The van der Waals surface area contributed by atoms with Crippen molar-refractivity contribution >= 4 is 21.6 Å². The second-order valence-corrected chi connectivity index (χ2v) is 7.50. The summed E-state index contributed by atoms with van der Waals surface area (Å²) in [6.45, 7) is 7.18. The highest BCUT2D eigenvalue weighted by Crippen LogP contribution is 2.38. The van der Waals surface area contributed by atoms with Crippen LogP contribution in [-0.4, -0.2) is 30.1 Å². The summed E-state index contributed by atoms with van der Waals surface area (Å²) in [5.41, 5.74) is 1.26. The van der Waals surface area contributed by atoms with Gasteiger partial charge in [0, 0.05) is 35.3 Å². The fourth-order valence-electron chi connectivity index (χ4n) is 3.89. The first kappa shape index (κ1) is 14.4. The van der Waals surface area contributed by atoms with Crippen LogP contribution in [0.25, 0.3) is 0 Å². The first-order chi connectivity index (χ1) is 9.65. The van der Waals surface area contributed by atoms with E-state index in [1.165, 1.54) is 42.5 Å². The molecule has 1 aromatic rings. The molecule has 3 heteroatoms. The molecule has 2 aliphatic rings. The van der Waals surface area contributed by atoms with Crippen molar-refractivity contribution in [2.75, 3.05) is 18.4 Å². The monoisotopic (exact) mass is 336 g/mol. The Morgan fingerprint density at radius 2 is 1.80 bits per heavy atom. The van der Waals surface area contributed by atoms with Gasteiger partial charge in [0.15, 0.2) is 0 Å². The Morgan fingerprint density at radius 1 is 1.15 bits per heavy atom. The Kier molecular flexibility index (Phi) is 4.37. The lowest BCUT2D eigenvalue weighted by Crippen LogP contribution is -2.56. The van der Waals surface area contributed by atoms with Gasteiger partial charge in [-0.3, -0.25) is 0 Å². The van der Waals surface area contributed by atoms with Crippen LogP contribution in [-0.2, 0) is 0 Å². The molecule has 1 aliphatic heterocycles. The summed E-state index contributed by atoms with van der Waals surface area (Å²) in [5, 5.41) is 3.84. The molecular formula is C17H25BrN2. The normalized spacial score (nSPS) is 30.5. The Hall–Kier alpha value is -0.540. The molecule has 20 heavy (non-hydrogen) atoms. The van der Waals surface area contributed by atoms with Crippen molar-refractivity contribution in [3.05, 3.63) is 28.7 Å². The summed E-state index contributed by atoms with van der Waals surface area (Å²) in [4.78, 5) is 2.67. The summed E-state index contributed by atoms with van der Waals surface area (Å²) >= 11 is 3.67. The average Bonchev–Trinajstić information content (AvgIpc) is 2.40. The van der Waals surface area contributed by atoms with Gasteiger partial charge in [-0.25, -0.2) is 0 Å². The van der Waals surface area contributed by atoms with E-state index in [0.29, 0.717) is 12.1 Å². The number of piperidine rings is 1. The van der Waals surface area contributed by atoms with Gasteiger partial charge in [0.1, 0.15) is 0 Å². The predicted octanol–water partition coefficient (Wildman–Crippen LogP) is 4.37. The van der Waals surface area contributed by atoms with Gasteiger partial charge in [-0.05, 0) is 66.6 Å². The van der Waals surface area contributed by atoms with Gasteiger partial charge >= 0.3 is 0 Å². The van der Waals surface area contributed by atoms with Gasteiger partial charge in [0.05, 0.1) is 0 Å². The number of rotatable bonds is 3. The van der Waals surface area contributed by atoms with Crippen molar-refractivity contribution in [1.29, 1.82) is 0 Å². The van der Waals surface area contributed by atoms with E-state index in [2.05, 4.69) is 64.3 Å². The van der Waals surface area contributed by atoms with Crippen molar-refractivity contribution in [2.45, 2.75) is 45.2 Å².